The van der Waals surface area contributed by atoms with Gasteiger partial charge >= 0.3 is 0 Å². The van der Waals surface area contributed by atoms with Crippen molar-refractivity contribution in [2.24, 2.45) is 0 Å². The van der Waals surface area contributed by atoms with Crippen molar-refractivity contribution in [3.63, 3.8) is 0 Å². The predicted octanol–water partition coefficient (Wildman–Crippen LogP) is 1.98. The van der Waals surface area contributed by atoms with Crippen molar-refractivity contribution in [1.82, 2.24) is 15.2 Å². The van der Waals surface area contributed by atoms with Crippen LogP contribution in [-0.2, 0) is 0 Å². The van der Waals surface area contributed by atoms with Gasteiger partial charge in [0.25, 0.3) is 5.91 Å². The molecular weight excluding hydrogens is 216 g/mol. The van der Waals surface area contributed by atoms with Gasteiger partial charge in [0, 0.05) is 11.9 Å². The predicted molar refractivity (Wildman–Crippen MR) is 65.0 cm³/mol. The second-order valence-electron chi connectivity index (χ2n) is 4.01. The maximum Gasteiger partial charge on any atom is 0.259 e. The summed E-state index contributed by atoms with van der Waals surface area (Å²) in [5.74, 6) is -0.174. The number of aromatic amines is 1. The van der Waals surface area contributed by atoms with E-state index in [1.165, 1.54) is 6.20 Å². The molecule has 0 aliphatic rings. The molecule has 0 radical (unpaired) electrons. The first kappa shape index (κ1) is 11.3. The molecule has 2 N–H and O–H groups in total. The summed E-state index contributed by atoms with van der Waals surface area (Å²) in [5.41, 5.74) is 3.84. The molecule has 5 heteroatoms. The standard InChI is InChI=1S/C12H14N4O/c1-7-4-11(9(3)13-5-7)15-12(17)10-6-14-16-8(10)2/h4-6H,1-3H3,(H,14,16)(H,15,17). The molecule has 0 aliphatic heterocycles. The number of hydrogen-bond donors (Lipinski definition) is 2. The molecule has 0 aliphatic carbocycles. The number of aryl methyl sites for hydroxylation is 3. The summed E-state index contributed by atoms with van der Waals surface area (Å²) in [7, 11) is 0. The van der Waals surface area contributed by atoms with Crippen LogP contribution in [0, 0.1) is 20.8 Å². The van der Waals surface area contributed by atoms with Crippen molar-refractivity contribution >= 4 is 11.6 Å². The maximum absolute atomic E-state index is 12.0. The first-order valence-electron chi connectivity index (χ1n) is 5.32. The third-order valence-electron chi connectivity index (χ3n) is 2.55. The Morgan fingerprint density at radius 3 is 2.71 bits per heavy atom. The number of hydrogen-bond acceptors (Lipinski definition) is 3. The lowest BCUT2D eigenvalue weighted by Gasteiger charge is -2.07. The number of rotatable bonds is 2. The lowest BCUT2D eigenvalue weighted by atomic mass is 10.2. The van der Waals surface area contributed by atoms with Gasteiger partial charge in [0.15, 0.2) is 0 Å². The molecule has 88 valence electrons. The van der Waals surface area contributed by atoms with Crippen LogP contribution in [0.3, 0.4) is 0 Å². The minimum Gasteiger partial charge on any atom is -0.320 e. The second-order valence-corrected chi connectivity index (χ2v) is 4.01. The fourth-order valence-corrected chi connectivity index (χ4v) is 1.53. The number of carbonyl (C=O) groups is 1. The number of nitrogens with one attached hydrogen (secondary N) is 2. The number of pyridine rings is 1. The Balaban J connectivity index is 2.24. The minimum atomic E-state index is -0.174. The molecule has 0 aromatic carbocycles. The molecule has 0 saturated carbocycles. The lowest BCUT2D eigenvalue weighted by Crippen LogP contribution is -2.13. The molecule has 17 heavy (non-hydrogen) atoms. The fourth-order valence-electron chi connectivity index (χ4n) is 1.53. The van der Waals surface area contributed by atoms with Crippen molar-refractivity contribution in [1.29, 1.82) is 0 Å². The van der Waals surface area contributed by atoms with Crippen LogP contribution >= 0.6 is 0 Å². The number of aromatic nitrogens is 3. The van der Waals surface area contributed by atoms with E-state index in [9.17, 15) is 4.79 Å². The smallest absolute Gasteiger partial charge is 0.259 e. The average Bonchev–Trinajstić information content (AvgIpc) is 2.70. The molecule has 0 unspecified atom stereocenters. The maximum atomic E-state index is 12.0. The van der Waals surface area contributed by atoms with Crippen LogP contribution in [-0.4, -0.2) is 21.1 Å². The van der Waals surface area contributed by atoms with E-state index >= 15 is 0 Å². The van der Waals surface area contributed by atoms with E-state index in [0.29, 0.717) is 5.56 Å². The fraction of sp³-hybridized carbons (Fsp3) is 0.250. The van der Waals surface area contributed by atoms with Gasteiger partial charge in [0.2, 0.25) is 0 Å². The largest absolute Gasteiger partial charge is 0.320 e. The Hall–Kier alpha value is -2.17. The Morgan fingerprint density at radius 2 is 2.06 bits per heavy atom. The van der Waals surface area contributed by atoms with Crippen molar-refractivity contribution in [3.05, 3.63) is 41.0 Å². The highest BCUT2D eigenvalue weighted by Crippen LogP contribution is 2.15. The number of anilines is 1. The van der Waals surface area contributed by atoms with Gasteiger partial charge in [-0.25, -0.2) is 0 Å². The summed E-state index contributed by atoms with van der Waals surface area (Å²) in [6, 6.07) is 1.90. The van der Waals surface area contributed by atoms with Crippen LogP contribution in [0.2, 0.25) is 0 Å². The van der Waals surface area contributed by atoms with E-state index in [-0.39, 0.29) is 5.91 Å². The third-order valence-corrected chi connectivity index (χ3v) is 2.55. The van der Waals surface area contributed by atoms with Gasteiger partial charge in [-0.1, -0.05) is 0 Å². The van der Waals surface area contributed by atoms with E-state index in [1.807, 2.05) is 26.8 Å². The first-order valence-corrected chi connectivity index (χ1v) is 5.32. The SMILES string of the molecule is Cc1cnc(C)c(NC(=O)c2cn[nH]c2C)c1. The van der Waals surface area contributed by atoms with E-state index in [1.54, 1.807) is 6.20 Å². The summed E-state index contributed by atoms with van der Waals surface area (Å²) in [6.45, 7) is 5.60. The Kier molecular flexibility index (Phi) is 2.91. The molecule has 2 aromatic heterocycles. The van der Waals surface area contributed by atoms with E-state index in [0.717, 1.165) is 22.6 Å². The van der Waals surface area contributed by atoms with E-state index in [2.05, 4.69) is 20.5 Å². The molecule has 0 fully saturated rings. The van der Waals surface area contributed by atoms with Gasteiger partial charge in [-0.2, -0.15) is 5.10 Å². The number of amides is 1. The highest BCUT2D eigenvalue weighted by molar-refractivity contribution is 6.05. The minimum absolute atomic E-state index is 0.174. The zero-order valence-electron chi connectivity index (χ0n) is 10.0. The third kappa shape index (κ3) is 2.33. The molecule has 1 amide bonds. The highest BCUT2D eigenvalue weighted by atomic mass is 16.1. The summed E-state index contributed by atoms with van der Waals surface area (Å²) in [4.78, 5) is 16.2. The Morgan fingerprint density at radius 1 is 1.29 bits per heavy atom. The van der Waals surface area contributed by atoms with E-state index in [4.69, 9.17) is 0 Å². The van der Waals surface area contributed by atoms with Gasteiger partial charge in [-0.05, 0) is 32.4 Å². The summed E-state index contributed by atoms with van der Waals surface area (Å²) < 4.78 is 0. The zero-order valence-corrected chi connectivity index (χ0v) is 10.0. The average molecular weight is 230 g/mol. The topological polar surface area (TPSA) is 70.7 Å². The number of H-pyrrole nitrogens is 1. The molecule has 2 heterocycles. The molecular formula is C12H14N4O. The van der Waals surface area contributed by atoms with Crippen molar-refractivity contribution in [2.75, 3.05) is 5.32 Å². The highest BCUT2D eigenvalue weighted by Gasteiger charge is 2.12. The van der Waals surface area contributed by atoms with Crippen LogP contribution in [0.1, 0.15) is 27.3 Å². The monoisotopic (exact) mass is 230 g/mol. The number of carbonyl (C=O) groups excluding carboxylic acids is 1. The molecule has 2 rings (SSSR count). The van der Waals surface area contributed by atoms with Gasteiger partial charge in [0.1, 0.15) is 0 Å². The Labute approximate surface area is 99.3 Å². The van der Waals surface area contributed by atoms with Gasteiger partial charge in [-0.15, -0.1) is 0 Å². The van der Waals surface area contributed by atoms with Crippen LogP contribution in [0.25, 0.3) is 0 Å². The molecule has 0 spiro atoms. The van der Waals surface area contributed by atoms with Crippen LogP contribution < -0.4 is 5.32 Å². The van der Waals surface area contributed by atoms with Crippen LogP contribution in [0.4, 0.5) is 5.69 Å². The summed E-state index contributed by atoms with van der Waals surface area (Å²) in [5, 5.41) is 9.39. The lowest BCUT2D eigenvalue weighted by molar-refractivity contribution is 0.102. The summed E-state index contributed by atoms with van der Waals surface area (Å²) in [6.07, 6.45) is 3.29. The zero-order chi connectivity index (χ0) is 12.4. The van der Waals surface area contributed by atoms with Gasteiger partial charge < -0.3 is 5.32 Å². The van der Waals surface area contributed by atoms with Crippen molar-refractivity contribution < 1.29 is 4.79 Å². The molecule has 0 bridgehead atoms. The van der Waals surface area contributed by atoms with Gasteiger partial charge in [0.05, 0.1) is 23.1 Å². The van der Waals surface area contributed by atoms with Crippen molar-refractivity contribution in [2.45, 2.75) is 20.8 Å². The van der Waals surface area contributed by atoms with Crippen molar-refractivity contribution in [3.8, 4) is 0 Å². The van der Waals surface area contributed by atoms with Gasteiger partial charge in [-0.3, -0.25) is 14.9 Å². The Bertz CT molecular complexity index is 559. The first-order chi connectivity index (χ1) is 8.08. The molecule has 0 saturated heterocycles. The quantitative estimate of drug-likeness (QED) is 0.828. The summed E-state index contributed by atoms with van der Waals surface area (Å²) >= 11 is 0. The molecule has 5 nitrogen and oxygen atoms in total. The van der Waals surface area contributed by atoms with E-state index < -0.39 is 0 Å². The normalized spacial score (nSPS) is 10.3. The molecule has 0 atom stereocenters. The van der Waals surface area contributed by atoms with Crippen LogP contribution in [0.15, 0.2) is 18.5 Å². The second kappa shape index (κ2) is 4.37. The number of nitrogens with zero attached hydrogens (tertiary/aromatic N) is 2. The molecule has 2 aromatic rings. The van der Waals surface area contributed by atoms with Crippen LogP contribution in [0.5, 0.6) is 0 Å².